The molecule has 0 unspecified atom stereocenters. The van der Waals surface area contributed by atoms with Gasteiger partial charge in [0.1, 0.15) is 5.75 Å². The maximum absolute atomic E-state index is 13.3. The Hall–Kier alpha value is -2.34. The average Bonchev–Trinajstić information content (AvgIpc) is 2.69. The number of primary amides is 1. The molecule has 0 atom stereocenters. The first kappa shape index (κ1) is 22.9. The van der Waals surface area contributed by atoms with Crippen molar-refractivity contribution < 1.29 is 14.3 Å². The largest absolute Gasteiger partial charge is 0.493 e. The maximum atomic E-state index is 13.3. The van der Waals surface area contributed by atoms with Gasteiger partial charge in [-0.3, -0.25) is 9.59 Å². The quantitative estimate of drug-likeness (QED) is 0.538. The van der Waals surface area contributed by atoms with Gasteiger partial charge in [0, 0.05) is 24.0 Å². The van der Waals surface area contributed by atoms with Crippen LogP contribution >= 0.6 is 15.9 Å². The van der Waals surface area contributed by atoms with Crippen LogP contribution in [0, 0.1) is 5.92 Å². The fourth-order valence-corrected chi connectivity index (χ4v) is 3.20. The summed E-state index contributed by atoms with van der Waals surface area (Å²) in [6.07, 6.45) is 1.73. The normalized spacial score (nSPS) is 10.8. The van der Waals surface area contributed by atoms with E-state index in [-0.39, 0.29) is 18.9 Å². The second-order valence-corrected chi connectivity index (χ2v) is 8.33. The number of hydrogen-bond donors (Lipinski definition) is 1. The number of ether oxygens (including phenoxy) is 1. The van der Waals surface area contributed by atoms with Crippen LogP contribution in [0.3, 0.4) is 0 Å². The van der Waals surface area contributed by atoms with Crippen LogP contribution in [0.5, 0.6) is 5.75 Å². The highest BCUT2D eigenvalue weighted by molar-refractivity contribution is 9.10. The van der Waals surface area contributed by atoms with Gasteiger partial charge in [-0.15, -0.1) is 0 Å². The zero-order chi connectivity index (χ0) is 21.2. The molecule has 0 bridgehead atoms. The molecular formula is C23H29BrN2O3. The number of hydrogen-bond acceptors (Lipinski definition) is 3. The van der Waals surface area contributed by atoms with Gasteiger partial charge >= 0.3 is 0 Å². The van der Waals surface area contributed by atoms with Gasteiger partial charge in [-0.2, -0.15) is 0 Å². The standard InChI is InChI=1S/C23H29BrN2O3/c1-17(2)12-15-29-21-9-8-19(24)16-20(21)23(28)26(14-11-22(25)27)13-10-18-6-4-3-5-7-18/h3-9,16-17H,10-15H2,1-2H3,(H2,25,27). The maximum Gasteiger partial charge on any atom is 0.257 e. The molecule has 0 spiro atoms. The molecule has 5 nitrogen and oxygen atoms in total. The van der Waals surface area contributed by atoms with Gasteiger partial charge in [0.2, 0.25) is 5.91 Å². The fourth-order valence-electron chi connectivity index (χ4n) is 2.84. The van der Waals surface area contributed by atoms with E-state index in [1.807, 2.05) is 36.4 Å². The lowest BCUT2D eigenvalue weighted by atomic mass is 10.1. The van der Waals surface area contributed by atoms with E-state index in [4.69, 9.17) is 10.5 Å². The van der Waals surface area contributed by atoms with E-state index in [0.29, 0.717) is 36.8 Å². The Balaban J connectivity index is 2.19. The summed E-state index contributed by atoms with van der Waals surface area (Å²) in [5.74, 6) is 0.485. The van der Waals surface area contributed by atoms with E-state index in [1.54, 1.807) is 17.0 Å². The van der Waals surface area contributed by atoms with Crippen molar-refractivity contribution in [3.63, 3.8) is 0 Å². The van der Waals surface area contributed by atoms with E-state index in [9.17, 15) is 9.59 Å². The average molecular weight is 461 g/mol. The zero-order valence-electron chi connectivity index (χ0n) is 17.1. The first-order valence-corrected chi connectivity index (χ1v) is 10.7. The van der Waals surface area contributed by atoms with Crippen LogP contribution in [0.1, 0.15) is 42.6 Å². The molecular weight excluding hydrogens is 432 g/mol. The summed E-state index contributed by atoms with van der Waals surface area (Å²) in [7, 11) is 0. The van der Waals surface area contributed by atoms with Gasteiger partial charge in [0.25, 0.3) is 5.91 Å². The smallest absolute Gasteiger partial charge is 0.257 e. The first-order chi connectivity index (χ1) is 13.9. The van der Waals surface area contributed by atoms with Crippen LogP contribution in [0.15, 0.2) is 53.0 Å². The summed E-state index contributed by atoms with van der Waals surface area (Å²) in [5, 5.41) is 0. The molecule has 2 N–H and O–H groups in total. The molecule has 2 amide bonds. The number of nitrogens with zero attached hydrogens (tertiary/aromatic N) is 1. The van der Waals surface area contributed by atoms with E-state index in [0.717, 1.165) is 16.5 Å². The summed E-state index contributed by atoms with van der Waals surface area (Å²) in [6, 6.07) is 15.4. The van der Waals surface area contributed by atoms with E-state index < -0.39 is 5.91 Å². The van der Waals surface area contributed by atoms with Crippen LogP contribution in [0.4, 0.5) is 0 Å². The fraction of sp³-hybridized carbons (Fsp3) is 0.391. The van der Waals surface area contributed by atoms with Crippen LogP contribution in [-0.2, 0) is 11.2 Å². The number of amides is 2. The Morgan fingerprint density at radius 3 is 2.48 bits per heavy atom. The summed E-state index contributed by atoms with van der Waals surface area (Å²) in [5.41, 5.74) is 6.94. The highest BCUT2D eigenvalue weighted by atomic mass is 79.9. The third-order valence-corrected chi connectivity index (χ3v) is 5.05. The molecule has 0 aliphatic rings. The SMILES string of the molecule is CC(C)CCOc1ccc(Br)cc1C(=O)N(CCC(N)=O)CCc1ccccc1. The Morgan fingerprint density at radius 1 is 1.10 bits per heavy atom. The van der Waals surface area contributed by atoms with E-state index >= 15 is 0 Å². The Bertz CT molecular complexity index is 809. The third-order valence-electron chi connectivity index (χ3n) is 4.55. The molecule has 0 heterocycles. The number of nitrogens with two attached hydrogens (primary N) is 1. The van der Waals surface area contributed by atoms with Crippen molar-refractivity contribution in [2.24, 2.45) is 11.7 Å². The molecule has 2 aromatic rings. The number of carbonyl (C=O) groups excluding carboxylic acids is 2. The first-order valence-electron chi connectivity index (χ1n) is 9.90. The molecule has 0 aliphatic heterocycles. The van der Waals surface area contributed by atoms with Crippen molar-refractivity contribution in [1.82, 2.24) is 4.90 Å². The second kappa shape index (κ2) is 11.6. The minimum atomic E-state index is -0.426. The highest BCUT2D eigenvalue weighted by Crippen LogP contribution is 2.25. The van der Waals surface area contributed by atoms with Gasteiger partial charge in [-0.05, 0) is 42.5 Å². The minimum Gasteiger partial charge on any atom is -0.493 e. The molecule has 0 fully saturated rings. The summed E-state index contributed by atoms with van der Waals surface area (Å²) in [4.78, 5) is 26.3. The number of halogens is 1. The summed E-state index contributed by atoms with van der Waals surface area (Å²) in [6.45, 7) is 5.58. The molecule has 2 aromatic carbocycles. The summed E-state index contributed by atoms with van der Waals surface area (Å²) >= 11 is 3.44. The molecule has 0 saturated carbocycles. The predicted octanol–water partition coefficient (Wildman–Crippen LogP) is 4.43. The lowest BCUT2D eigenvalue weighted by Crippen LogP contribution is -2.36. The number of benzene rings is 2. The topological polar surface area (TPSA) is 72.6 Å². The van der Waals surface area contributed by atoms with Crippen molar-refractivity contribution in [3.05, 3.63) is 64.1 Å². The van der Waals surface area contributed by atoms with Crippen LogP contribution < -0.4 is 10.5 Å². The van der Waals surface area contributed by atoms with Gasteiger partial charge in [-0.1, -0.05) is 60.1 Å². The van der Waals surface area contributed by atoms with Crippen LogP contribution in [0.25, 0.3) is 0 Å². The predicted molar refractivity (Wildman–Crippen MR) is 119 cm³/mol. The van der Waals surface area contributed by atoms with E-state index in [1.165, 1.54) is 0 Å². The number of carbonyl (C=O) groups is 2. The molecule has 29 heavy (non-hydrogen) atoms. The zero-order valence-corrected chi connectivity index (χ0v) is 18.7. The lowest BCUT2D eigenvalue weighted by molar-refractivity contribution is -0.118. The van der Waals surface area contributed by atoms with Crippen molar-refractivity contribution in [2.45, 2.75) is 33.1 Å². The summed E-state index contributed by atoms with van der Waals surface area (Å²) < 4.78 is 6.70. The molecule has 0 aromatic heterocycles. The van der Waals surface area contributed by atoms with Crippen molar-refractivity contribution in [2.75, 3.05) is 19.7 Å². The Kier molecular flexibility index (Phi) is 9.19. The lowest BCUT2D eigenvalue weighted by Gasteiger charge is -2.24. The Morgan fingerprint density at radius 2 is 1.83 bits per heavy atom. The second-order valence-electron chi connectivity index (χ2n) is 7.42. The molecule has 0 aliphatic carbocycles. The van der Waals surface area contributed by atoms with E-state index in [2.05, 4.69) is 29.8 Å². The van der Waals surface area contributed by atoms with Gasteiger partial charge < -0.3 is 15.4 Å². The molecule has 0 saturated heterocycles. The number of rotatable bonds is 11. The molecule has 156 valence electrons. The van der Waals surface area contributed by atoms with Crippen molar-refractivity contribution >= 4 is 27.7 Å². The third kappa shape index (κ3) is 7.89. The van der Waals surface area contributed by atoms with Crippen molar-refractivity contribution in [1.29, 1.82) is 0 Å². The van der Waals surface area contributed by atoms with Crippen LogP contribution in [-0.4, -0.2) is 36.4 Å². The molecule has 2 rings (SSSR count). The van der Waals surface area contributed by atoms with Crippen molar-refractivity contribution in [3.8, 4) is 5.75 Å². The van der Waals surface area contributed by atoms with Crippen LogP contribution in [0.2, 0.25) is 0 Å². The highest BCUT2D eigenvalue weighted by Gasteiger charge is 2.21. The molecule has 6 heteroatoms. The van der Waals surface area contributed by atoms with Gasteiger partial charge in [0.15, 0.2) is 0 Å². The van der Waals surface area contributed by atoms with Gasteiger partial charge in [-0.25, -0.2) is 0 Å². The van der Waals surface area contributed by atoms with Gasteiger partial charge in [0.05, 0.1) is 12.2 Å². The minimum absolute atomic E-state index is 0.123. The monoisotopic (exact) mass is 460 g/mol. The molecule has 0 radical (unpaired) electrons. The Labute approximate surface area is 181 Å².